The summed E-state index contributed by atoms with van der Waals surface area (Å²) < 4.78 is 1.04. The molecule has 0 atom stereocenters. The molecule has 1 aliphatic heterocycles. The van der Waals surface area contributed by atoms with Crippen LogP contribution in [0.15, 0.2) is 34.8 Å². The average molecular weight is 361 g/mol. The second kappa shape index (κ2) is 6.65. The summed E-state index contributed by atoms with van der Waals surface area (Å²) in [7, 11) is 0. The Hall–Kier alpha value is -1.62. The quantitative estimate of drug-likeness (QED) is 0.872. The van der Waals surface area contributed by atoms with Gasteiger partial charge >= 0.3 is 0 Å². The van der Waals surface area contributed by atoms with E-state index in [-0.39, 0.29) is 0 Å². The molecule has 4 nitrogen and oxygen atoms in total. The first-order chi connectivity index (χ1) is 10.6. The van der Waals surface area contributed by atoms with Crippen molar-refractivity contribution in [3.63, 3.8) is 0 Å². The molecule has 5 heteroatoms. The van der Waals surface area contributed by atoms with Crippen LogP contribution in [0.2, 0.25) is 0 Å². The molecule has 0 aliphatic carbocycles. The van der Waals surface area contributed by atoms with Gasteiger partial charge in [-0.2, -0.15) is 4.98 Å². The third kappa shape index (κ3) is 3.77. The topological polar surface area (TPSA) is 41.1 Å². The highest BCUT2D eigenvalue weighted by Crippen LogP contribution is 2.24. The Labute approximate surface area is 140 Å². The van der Waals surface area contributed by atoms with Gasteiger partial charge in [-0.15, -0.1) is 0 Å². The molecule has 22 heavy (non-hydrogen) atoms. The number of benzene rings is 1. The van der Waals surface area contributed by atoms with Gasteiger partial charge in [0.2, 0.25) is 5.95 Å². The second-order valence-corrected chi connectivity index (χ2v) is 6.91. The van der Waals surface area contributed by atoms with Crippen molar-refractivity contribution in [2.45, 2.75) is 26.7 Å². The Morgan fingerprint density at radius 3 is 2.68 bits per heavy atom. The summed E-state index contributed by atoms with van der Waals surface area (Å²) in [5, 5.41) is 3.29. The van der Waals surface area contributed by atoms with Gasteiger partial charge in [0.25, 0.3) is 0 Å². The van der Waals surface area contributed by atoms with Crippen molar-refractivity contribution >= 4 is 33.4 Å². The molecule has 0 bridgehead atoms. The number of hydrogen-bond donors (Lipinski definition) is 1. The second-order valence-electron chi connectivity index (χ2n) is 6.00. The first-order valence-electron chi connectivity index (χ1n) is 7.73. The maximum absolute atomic E-state index is 4.70. The number of rotatable bonds is 3. The molecular weight excluding hydrogens is 340 g/mol. The van der Waals surface area contributed by atoms with Crippen LogP contribution in [0.5, 0.6) is 0 Å². The van der Waals surface area contributed by atoms with E-state index in [1.807, 2.05) is 31.2 Å². The van der Waals surface area contributed by atoms with Crippen LogP contribution >= 0.6 is 15.9 Å². The molecule has 2 aromatic rings. The summed E-state index contributed by atoms with van der Waals surface area (Å²) >= 11 is 3.48. The number of nitrogens with zero attached hydrogens (tertiary/aromatic N) is 3. The van der Waals surface area contributed by atoms with Crippen molar-refractivity contribution in [3.8, 4) is 0 Å². The molecule has 3 rings (SSSR count). The summed E-state index contributed by atoms with van der Waals surface area (Å²) in [6, 6.07) is 10.1. The molecule has 0 unspecified atom stereocenters. The van der Waals surface area contributed by atoms with E-state index in [0.29, 0.717) is 5.95 Å². The van der Waals surface area contributed by atoms with Crippen molar-refractivity contribution in [1.82, 2.24) is 9.97 Å². The molecule has 116 valence electrons. The SMILES string of the molecule is Cc1cc(N2CCC(C)CC2)nc(Nc2cccc(Br)c2)n1. The normalized spacial score (nSPS) is 15.9. The Morgan fingerprint density at radius 1 is 1.18 bits per heavy atom. The van der Waals surface area contributed by atoms with Crippen molar-refractivity contribution in [2.75, 3.05) is 23.3 Å². The first-order valence-corrected chi connectivity index (χ1v) is 8.53. The zero-order valence-corrected chi connectivity index (χ0v) is 14.6. The predicted octanol–water partition coefficient (Wildman–Crippen LogP) is 4.53. The highest BCUT2D eigenvalue weighted by atomic mass is 79.9. The van der Waals surface area contributed by atoms with Crippen LogP contribution in [0.1, 0.15) is 25.5 Å². The van der Waals surface area contributed by atoms with Crippen LogP contribution in [0, 0.1) is 12.8 Å². The number of piperidine rings is 1. The van der Waals surface area contributed by atoms with Gasteiger partial charge in [0.1, 0.15) is 5.82 Å². The Bertz CT molecular complexity index is 651. The van der Waals surface area contributed by atoms with E-state index in [0.717, 1.165) is 40.7 Å². The highest BCUT2D eigenvalue weighted by Gasteiger charge is 2.18. The van der Waals surface area contributed by atoms with Gasteiger partial charge in [-0.1, -0.05) is 28.9 Å². The third-order valence-corrected chi connectivity index (χ3v) is 4.52. The van der Waals surface area contributed by atoms with Gasteiger partial charge in [-0.25, -0.2) is 4.98 Å². The van der Waals surface area contributed by atoms with Gasteiger partial charge < -0.3 is 10.2 Å². The lowest BCUT2D eigenvalue weighted by atomic mass is 9.99. The molecule has 0 radical (unpaired) electrons. The lowest BCUT2D eigenvalue weighted by Crippen LogP contribution is -2.33. The van der Waals surface area contributed by atoms with E-state index in [9.17, 15) is 0 Å². The van der Waals surface area contributed by atoms with Gasteiger partial charge in [-0.3, -0.25) is 0 Å². The Morgan fingerprint density at radius 2 is 1.95 bits per heavy atom. The number of aromatic nitrogens is 2. The summed E-state index contributed by atoms with van der Waals surface area (Å²) in [5.74, 6) is 2.50. The van der Waals surface area contributed by atoms with Crippen molar-refractivity contribution < 1.29 is 0 Å². The summed E-state index contributed by atoms with van der Waals surface area (Å²) in [5.41, 5.74) is 1.97. The number of hydrogen-bond acceptors (Lipinski definition) is 4. The zero-order valence-electron chi connectivity index (χ0n) is 13.0. The number of anilines is 3. The Balaban J connectivity index is 1.80. The van der Waals surface area contributed by atoms with E-state index in [4.69, 9.17) is 4.98 Å². The van der Waals surface area contributed by atoms with Gasteiger partial charge in [0.15, 0.2) is 0 Å². The fourth-order valence-corrected chi connectivity index (χ4v) is 3.10. The Kier molecular flexibility index (Phi) is 4.62. The molecule has 1 aromatic heterocycles. The van der Waals surface area contributed by atoms with E-state index in [1.165, 1.54) is 12.8 Å². The lowest BCUT2D eigenvalue weighted by molar-refractivity contribution is 0.436. The number of halogens is 1. The fourth-order valence-electron chi connectivity index (χ4n) is 2.70. The van der Waals surface area contributed by atoms with Crippen LogP contribution in [-0.4, -0.2) is 23.1 Å². The zero-order chi connectivity index (χ0) is 15.5. The molecule has 0 amide bonds. The fraction of sp³-hybridized carbons (Fsp3) is 0.412. The smallest absolute Gasteiger partial charge is 0.229 e. The maximum atomic E-state index is 4.70. The molecule has 0 saturated carbocycles. The minimum Gasteiger partial charge on any atom is -0.356 e. The van der Waals surface area contributed by atoms with Crippen molar-refractivity contribution in [1.29, 1.82) is 0 Å². The average Bonchev–Trinajstić information content (AvgIpc) is 2.47. The van der Waals surface area contributed by atoms with E-state index in [2.05, 4.69) is 44.1 Å². The van der Waals surface area contributed by atoms with Gasteiger partial charge in [0.05, 0.1) is 0 Å². The number of aryl methyl sites for hydroxylation is 1. The summed E-state index contributed by atoms with van der Waals surface area (Å²) in [6.45, 7) is 6.49. The molecule has 1 saturated heterocycles. The lowest BCUT2D eigenvalue weighted by Gasteiger charge is -2.31. The standard InChI is InChI=1S/C17H21BrN4/c1-12-6-8-22(9-7-12)16-10-13(2)19-17(21-16)20-15-5-3-4-14(18)11-15/h3-5,10-12H,6-9H2,1-2H3,(H,19,20,21). The molecule has 1 aliphatic rings. The maximum Gasteiger partial charge on any atom is 0.229 e. The number of nitrogens with one attached hydrogen (secondary N) is 1. The van der Waals surface area contributed by atoms with Crippen LogP contribution in [-0.2, 0) is 0 Å². The molecule has 2 heterocycles. The van der Waals surface area contributed by atoms with Crippen molar-refractivity contribution in [3.05, 3.63) is 40.5 Å². The van der Waals surface area contributed by atoms with E-state index < -0.39 is 0 Å². The summed E-state index contributed by atoms with van der Waals surface area (Å²) in [6.07, 6.45) is 2.47. The molecule has 1 fully saturated rings. The highest BCUT2D eigenvalue weighted by molar-refractivity contribution is 9.10. The molecule has 1 aromatic carbocycles. The monoisotopic (exact) mass is 360 g/mol. The van der Waals surface area contributed by atoms with E-state index in [1.54, 1.807) is 0 Å². The van der Waals surface area contributed by atoms with Crippen LogP contribution in [0.25, 0.3) is 0 Å². The van der Waals surface area contributed by atoms with Crippen LogP contribution < -0.4 is 10.2 Å². The van der Waals surface area contributed by atoms with Crippen LogP contribution in [0.4, 0.5) is 17.5 Å². The minimum atomic E-state index is 0.659. The van der Waals surface area contributed by atoms with Gasteiger partial charge in [-0.05, 0) is 43.9 Å². The predicted molar refractivity (Wildman–Crippen MR) is 94.8 cm³/mol. The van der Waals surface area contributed by atoms with Crippen LogP contribution in [0.3, 0.4) is 0 Å². The van der Waals surface area contributed by atoms with Gasteiger partial charge in [0, 0.05) is 35.0 Å². The first kappa shape index (κ1) is 15.3. The molecule has 0 spiro atoms. The molecule has 1 N–H and O–H groups in total. The largest absolute Gasteiger partial charge is 0.356 e. The summed E-state index contributed by atoms with van der Waals surface area (Å²) in [4.78, 5) is 11.6. The molecular formula is C17H21BrN4. The van der Waals surface area contributed by atoms with E-state index >= 15 is 0 Å². The third-order valence-electron chi connectivity index (χ3n) is 4.03. The minimum absolute atomic E-state index is 0.659. The van der Waals surface area contributed by atoms with Crippen molar-refractivity contribution in [2.24, 2.45) is 5.92 Å².